The van der Waals surface area contributed by atoms with Crippen molar-refractivity contribution in [3.63, 3.8) is 0 Å². The Bertz CT molecular complexity index is 1260. The molecule has 4 heterocycles. The molecule has 0 bridgehead atoms. The van der Waals surface area contributed by atoms with Crippen molar-refractivity contribution in [3.8, 4) is 23.1 Å². The van der Waals surface area contributed by atoms with Gasteiger partial charge in [-0.3, -0.25) is 0 Å². The van der Waals surface area contributed by atoms with Crippen molar-refractivity contribution in [3.05, 3.63) is 42.5 Å². The van der Waals surface area contributed by atoms with Crippen LogP contribution in [-0.4, -0.2) is 50.5 Å². The first-order valence-corrected chi connectivity index (χ1v) is 12.3. The van der Waals surface area contributed by atoms with E-state index in [1.54, 1.807) is 23.1 Å². The van der Waals surface area contributed by atoms with Crippen LogP contribution < -0.4 is 4.35 Å². The number of hydrogen-bond acceptors (Lipinski definition) is 6. The van der Waals surface area contributed by atoms with E-state index in [1.165, 1.54) is 17.2 Å². The minimum atomic E-state index is -0.399. The van der Waals surface area contributed by atoms with E-state index < -0.39 is 15.8 Å². The predicted octanol–water partition coefficient (Wildman–Crippen LogP) is 2.25. The van der Waals surface area contributed by atoms with E-state index in [9.17, 15) is 0 Å². The Morgan fingerprint density at radius 2 is 2.07 bits per heavy atom. The van der Waals surface area contributed by atoms with Crippen molar-refractivity contribution >= 4 is 31.1 Å². The molecule has 0 aromatic carbocycles. The van der Waals surface area contributed by atoms with E-state index in [-0.39, 0.29) is 0 Å². The van der Waals surface area contributed by atoms with Gasteiger partial charge < -0.3 is 0 Å². The molecule has 0 N–H and O–H groups in total. The fourth-order valence-electron chi connectivity index (χ4n) is 3.42. The minimum absolute atomic E-state index is 0.399. The number of pyridine rings is 2. The van der Waals surface area contributed by atoms with Crippen LogP contribution in [0.4, 0.5) is 0 Å². The van der Waals surface area contributed by atoms with Gasteiger partial charge in [0.2, 0.25) is 0 Å². The van der Waals surface area contributed by atoms with Gasteiger partial charge in [0.05, 0.1) is 0 Å². The number of hydrogen-bond donors (Lipinski definition) is 0. The van der Waals surface area contributed by atoms with Crippen LogP contribution in [0.1, 0.15) is 32.3 Å². The van der Waals surface area contributed by atoms with Crippen molar-refractivity contribution in [1.29, 1.82) is 5.26 Å². The summed E-state index contributed by atoms with van der Waals surface area (Å²) in [7, 11) is 0. The van der Waals surface area contributed by atoms with Gasteiger partial charge in [-0.25, -0.2) is 0 Å². The van der Waals surface area contributed by atoms with E-state index in [0.29, 0.717) is 15.9 Å². The maximum atomic E-state index is 9.10. The Hall–Kier alpha value is -3.04. The van der Waals surface area contributed by atoms with Crippen LogP contribution in [0.5, 0.6) is 0 Å². The molecular weight excluding hydrogens is 439 g/mol. The Labute approximate surface area is 180 Å². The molecule has 1 aliphatic carbocycles. The molecule has 0 aliphatic heterocycles. The third kappa shape index (κ3) is 3.73. The molecule has 0 amide bonds. The summed E-state index contributed by atoms with van der Waals surface area (Å²) in [6.07, 6.45) is 9.80. The van der Waals surface area contributed by atoms with Gasteiger partial charge in [-0.15, -0.1) is 0 Å². The summed E-state index contributed by atoms with van der Waals surface area (Å²) in [6, 6.07) is 6.02. The molecule has 0 saturated heterocycles. The Balaban J connectivity index is 1.54. The maximum absolute atomic E-state index is 9.10. The van der Waals surface area contributed by atoms with Crippen LogP contribution in [0.25, 0.3) is 28.1 Å². The second kappa shape index (κ2) is 7.66. The average molecular weight is 460 g/mol. The molecular formula is C21H21AsN8. The normalized spacial score (nSPS) is 14.2. The van der Waals surface area contributed by atoms with Crippen LogP contribution in [0.15, 0.2) is 36.9 Å². The molecule has 0 spiro atoms. The van der Waals surface area contributed by atoms with Crippen LogP contribution >= 0.6 is 0 Å². The van der Waals surface area contributed by atoms with Gasteiger partial charge in [0.25, 0.3) is 0 Å². The van der Waals surface area contributed by atoms with Crippen LogP contribution in [0, 0.1) is 17.2 Å². The first kappa shape index (κ1) is 19.0. The quantitative estimate of drug-likeness (QED) is 0.410. The summed E-state index contributed by atoms with van der Waals surface area (Å²) >= 11 is -0.399. The van der Waals surface area contributed by atoms with Crippen molar-refractivity contribution in [1.82, 2.24) is 34.7 Å². The number of nitriles is 1. The zero-order valence-electron chi connectivity index (χ0n) is 16.8. The van der Waals surface area contributed by atoms with E-state index >= 15 is 0 Å². The van der Waals surface area contributed by atoms with Gasteiger partial charge in [-0.2, -0.15) is 0 Å². The van der Waals surface area contributed by atoms with Gasteiger partial charge in [0.1, 0.15) is 0 Å². The first-order chi connectivity index (χ1) is 14.6. The third-order valence-corrected chi connectivity index (χ3v) is 7.78. The summed E-state index contributed by atoms with van der Waals surface area (Å²) in [5.41, 5.74) is 3.16. The molecule has 1 fully saturated rings. The molecule has 30 heavy (non-hydrogen) atoms. The second-order valence-electron chi connectivity index (χ2n) is 7.96. The van der Waals surface area contributed by atoms with Gasteiger partial charge in [-0.1, -0.05) is 0 Å². The molecule has 1 atom stereocenters. The standard InChI is InChI=1S/C21H21AsN8/c1-13(2)22-18-6-20(30-21-16(9-26-30)5-15(7-23)8-25-21)24-10-17(18)19-12-29(28-27-19)11-14-3-4-14/h5-6,8-10,12-14,22H,3-4,11H2,1-2H3. The van der Waals surface area contributed by atoms with Gasteiger partial charge in [-0.05, 0) is 0 Å². The van der Waals surface area contributed by atoms with Crippen LogP contribution in [0.2, 0.25) is 4.71 Å². The molecule has 1 aliphatic rings. The van der Waals surface area contributed by atoms with Crippen LogP contribution in [0.3, 0.4) is 0 Å². The van der Waals surface area contributed by atoms with Crippen LogP contribution in [-0.2, 0) is 6.54 Å². The molecule has 5 rings (SSSR count). The molecule has 0 radical (unpaired) electrons. The van der Waals surface area contributed by atoms with Crippen molar-refractivity contribution < 1.29 is 0 Å². The SMILES string of the molecule is CC(C)[AsH]c1cc(-n2ncc3cc(C#N)cnc32)ncc1-c1cn(CC2CC2)nn1. The third-order valence-electron chi connectivity index (χ3n) is 5.04. The summed E-state index contributed by atoms with van der Waals surface area (Å²) < 4.78 is 5.58. The van der Waals surface area contributed by atoms with Gasteiger partial charge >= 0.3 is 181 Å². The van der Waals surface area contributed by atoms with Crippen molar-refractivity contribution in [2.24, 2.45) is 5.92 Å². The number of fused-ring (bicyclic) bond motifs is 1. The molecule has 9 heteroatoms. The molecule has 1 unspecified atom stereocenters. The number of nitrogens with zero attached hydrogens (tertiary/aromatic N) is 8. The van der Waals surface area contributed by atoms with Gasteiger partial charge in [0, 0.05) is 0 Å². The van der Waals surface area contributed by atoms with Crippen molar-refractivity contribution in [2.75, 3.05) is 0 Å². The topological polar surface area (TPSA) is 98.1 Å². The second-order valence-corrected chi connectivity index (χ2v) is 12.1. The molecule has 150 valence electrons. The van der Waals surface area contributed by atoms with Gasteiger partial charge in [0.15, 0.2) is 0 Å². The van der Waals surface area contributed by atoms with E-state index in [0.717, 1.165) is 34.9 Å². The molecule has 4 aromatic rings. The monoisotopic (exact) mass is 460 g/mol. The Morgan fingerprint density at radius 3 is 2.83 bits per heavy atom. The number of aromatic nitrogens is 7. The Kier molecular flexibility index (Phi) is 4.84. The average Bonchev–Trinajstić information content (AvgIpc) is 3.26. The fraction of sp³-hybridized carbons (Fsp3) is 0.333. The summed E-state index contributed by atoms with van der Waals surface area (Å²) in [5.74, 6) is 1.49. The molecule has 4 aromatic heterocycles. The fourth-order valence-corrected chi connectivity index (χ4v) is 5.90. The number of rotatable bonds is 6. The van der Waals surface area contributed by atoms with E-state index in [2.05, 4.69) is 51.4 Å². The van der Waals surface area contributed by atoms with E-state index in [4.69, 9.17) is 5.26 Å². The summed E-state index contributed by atoms with van der Waals surface area (Å²) in [4.78, 5) is 9.10. The first-order valence-electron chi connectivity index (χ1n) is 10.0. The summed E-state index contributed by atoms with van der Waals surface area (Å²) in [6.45, 7) is 5.45. The summed E-state index contributed by atoms with van der Waals surface area (Å²) in [5, 5.41) is 23.1. The van der Waals surface area contributed by atoms with E-state index in [1.807, 2.05) is 17.1 Å². The zero-order chi connectivity index (χ0) is 20.7. The Morgan fingerprint density at radius 1 is 1.20 bits per heavy atom. The molecule has 1 saturated carbocycles. The van der Waals surface area contributed by atoms with Crippen molar-refractivity contribution in [2.45, 2.75) is 37.9 Å². The molecule has 8 nitrogen and oxygen atoms in total. The zero-order valence-corrected chi connectivity index (χ0v) is 18.9. The predicted molar refractivity (Wildman–Crippen MR) is 115 cm³/mol.